The van der Waals surface area contributed by atoms with E-state index in [0.29, 0.717) is 0 Å². The fraction of sp³-hybridized carbons (Fsp3) is 0.364. The van der Waals surface area contributed by atoms with Gasteiger partial charge in [-0.3, -0.25) is 4.79 Å². The summed E-state index contributed by atoms with van der Waals surface area (Å²) in [4.78, 5) is 11.1. The fourth-order valence-corrected chi connectivity index (χ4v) is 1.28. The van der Waals surface area contributed by atoms with E-state index in [1.165, 1.54) is 12.5 Å². The first-order valence-electron chi connectivity index (χ1n) is 4.25. The maximum Gasteiger partial charge on any atom is 0.163 e. The Kier molecular flexibility index (Phi) is 3.20. The van der Waals surface area contributed by atoms with Crippen molar-refractivity contribution in [3.8, 4) is 0 Å². The molecule has 0 aliphatic carbocycles. The van der Waals surface area contributed by atoms with Crippen LogP contribution in [0.25, 0.3) is 0 Å². The Balaban J connectivity index is 2.92. The third-order valence-electron chi connectivity index (χ3n) is 1.99. The molecule has 0 bridgehead atoms. The van der Waals surface area contributed by atoms with Gasteiger partial charge in [-0.2, -0.15) is 0 Å². The highest BCUT2D eigenvalue weighted by Gasteiger charge is 2.14. The number of benzene rings is 1. The summed E-state index contributed by atoms with van der Waals surface area (Å²) in [7, 11) is 1.55. The molecule has 0 amide bonds. The quantitative estimate of drug-likeness (QED) is 0.709. The number of rotatable bonds is 3. The molecule has 0 N–H and O–H groups in total. The molecule has 0 aromatic heterocycles. The Bertz CT molecular complexity index is 287. The second-order valence-corrected chi connectivity index (χ2v) is 3.14. The molecule has 0 spiro atoms. The number of ether oxygens (including phenoxy) is 1. The van der Waals surface area contributed by atoms with Gasteiger partial charge in [-0.05, 0) is 19.4 Å². The number of hydrogen-bond acceptors (Lipinski definition) is 2. The molecule has 2 nitrogen and oxygen atoms in total. The molecule has 0 saturated heterocycles. The van der Waals surface area contributed by atoms with Gasteiger partial charge in [-0.1, -0.05) is 29.8 Å². The van der Waals surface area contributed by atoms with Gasteiger partial charge in [0.25, 0.3) is 0 Å². The number of carbonyl (C=O) groups excluding carboxylic acids is 1. The average Bonchev–Trinajstić information content (AvgIpc) is 2.09. The summed E-state index contributed by atoms with van der Waals surface area (Å²) in [5, 5.41) is 0. The molecular formula is C11H14O2. The van der Waals surface area contributed by atoms with Crippen molar-refractivity contribution in [2.75, 3.05) is 7.11 Å². The standard InChI is InChI=1S/C11H14O2/c1-8-4-6-10(7-5-8)11(13-3)9(2)12/h4-7,11H,1-3H3. The molecule has 1 atom stereocenters. The van der Waals surface area contributed by atoms with Crippen molar-refractivity contribution in [2.24, 2.45) is 0 Å². The molecule has 70 valence electrons. The van der Waals surface area contributed by atoms with Gasteiger partial charge in [0.15, 0.2) is 5.78 Å². The summed E-state index contributed by atoms with van der Waals surface area (Å²) >= 11 is 0. The van der Waals surface area contributed by atoms with Crippen LogP contribution in [-0.2, 0) is 9.53 Å². The molecule has 1 unspecified atom stereocenters. The molecule has 0 radical (unpaired) electrons. The predicted molar refractivity (Wildman–Crippen MR) is 51.6 cm³/mol. The first kappa shape index (κ1) is 9.93. The third kappa shape index (κ3) is 2.39. The van der Waals surface area contributed by atoms with E-state index < -0.39 is 6.10 Å². The zero-order valence-corrected chi connectivity index (χ0v) is 8.20. The molecule has 0 aliphatic rings. The van der Waals surface area contributed by atoms with Crippen molar-refractivity contribution in [1.82, 2.24) is 0 Å². The van der Waals surface area contributed by atoms with E-state index >= 15 is 0 Å². The van der Waals surface area contributed by atoms with Gasteiger partial charge in [0.1, 0.15) is 6.10 Å². The smallest absolute Gasteiger partial charge is 0.163 e. The molecule has 1 rings (SSSR count). The number of aryl methyl sites for hydroxylation is 1. The Morgan fingerprint density at radius 1 is 1.31 bits per heavy atom. The minimum Gasteiger partial charge on any atom is -0.369 e. The lowest BCUT2D eigenvalue weighted by Crippen LogP contribution is -2.10. The van der Waals surface area contributed by atoms with Gasteiger partial charge in [-0.15, -0.1) is 0 Å². The number of ketones is 1. The highest BCUT2D eigenvalue weighted by molar-refractivity contribution is 5.81. The van der Waals surface area contributed by atoms with Gasteiger partial charge >= 0.3 is 0 Å². The summed E-state index contributed by atoms with van der Waals surface area (Å²) in [6.45, 7) is 3.55. The summed E-state index contributed by atoms with van der Waals surface area (Å²) in [6, 6.07) is 7.80. The minimum absolute atomic E-state index is 0.0337. The molecular weight excluding hydrogens is 164 g/mol. The van der Waals surface area contributed by atoms with Gasteiger partial charge < -0.3 is 4.74 Å². The van der Waals surface area contributed by atoms with Gasteiger partial charge in [0.05, 0.1) is 0 Å². The lowest BCUT2D eigenvalue weighted by Gasteiger charge is -2.11. The summed E-state index contributed by atoms with van der Waals surface area (Å²) in [6.07, 6.45) is -0.416. The van der Waals surface area contributed by atoms with Crippen LogP contribution in [0.5, 0.6) is 0 Å². The Morgan fingerprint density at radius 3 is 2.23 bits per heavy atom. The predicted octanol–water partition coefficient (Wildman–Crippen LogP) is 2.27. The van der Waals surface area contributed by atoms with Crippen molar-refractivity contribution >= 4 is 5.78 Å². The topological polar surface area (TPSA) is 26.3 Å². The van der Waals surface area contributed by atoms with E-state index in [0.717, 1.165) is 5.56 Å². The van der Waals surface area contributed by atoms with E-state index in [-0.39, 0.29) is 5.78 Å². The largest absolute Gasteiger partial charge is 0.369 e. The van der Waals surface area contributed by atoms with Gasteiger partial charge in [-0.25, -0.2) is 0 Å². The lowest BCUT2D eigenvalue weighted by molar-refractivity contribution is -0.126. The number of methoxy groups -OCH3 is 1. The zero-order valence-electron chi connectivity index (χ0n) is 8.20. The van der Waals surface area contributed by atoms with Crippen LogP contribution in [0.3, 0.4) is 0 Å². The molecule has 1 aromatic rings. The van der Waals surface area contributed by atoms with E-state index in [9.17, 15) is 4.79 Å². The molecule has 0 heterocycles. The molecule has 0 fully saturated rings. The van der Waals surface area contributed by atoms with Crippen molar-refractivity contribution in [1.29, 1.82) is 0 Å². The van der Waals surface area contributed by atoms with E-state index in [1.807, 2.05) is 31.2 Å². The Labute approximate surface area is 78.5 Å². The van der Waals surface area contributed by atoms with Gasteiger partial charge in [0, 0.05) is 7.11 Å². The highest BCUT2D eigenvalue weighted by Crippen LogP contribution is 2.17. The minimum atomic E-state index is -0.416. The Morgan fingerprint density at radius 2 is 1.85 bits per heavy atom. The number of Topliss-reactive ketones (excluding diaryl/α,β-unsaturated/α-hetero) is 1. The van der Waals surface area contributed by atoms with Crippen LogP contribution in [0.1, 0.15) is 24.2 Å². The zero-order chi connectivity index (χ0) is 9.84. The highest BCUT2D eigenvalue weighted by atomic mass is 16.5. The van der Waals surface area contributed by atoms with E-state index in [2.05, 4.69) is 0 Å². The van der Waals surface area contributed by atoms with Crippen LogP contribution in [0.15, 0.2) is 24.3 Å². The van der Waals surface area contributed by atoms with Crippen molar-refractivity contribution in [3.05, 3.63) is 35.4 Å². The molecule has 1 aromatic carbocycles. The SMILES string of the molecule is COC(C(C)=O)c1ccc(C)cc1. The van der Waals surface area contributed by atoms with Crippen LogP contribution < -0.4 is 0 Å². The maximum atomic E-state index is 11.1. The van der Waals surface area contributed by atoms with Crippen LogP contribution in [0.4, 0.5) is 0 Å². The number of carbonyl (C=O) groups is 1. The number of hydrogen-bond donors (Lipinski definition) is 0. The molecule has 0 aliphatic heterocycles. The fourth-order valence-electron chi connectivity index (χ4n) is 1.28. The molecule has 2 heteroatoms. The molecule has 0 saturated carbocycles. The summed E-state index contributed by atoms with van der Waals surface area (Å²) < 4.78 is 5.09. The first-order chi connectivity index (χ1) is 6.15. The van der Waals surface area contributed by atoms with E-state index in [4.69, 9.17) is 4.74 Å². The lowest BCUT2D eigenvalue weighted by atomic mass is 10.1. The monoisotopic (exact) mass is 178 g/mol. The molecule has 13 heavy (non-hydrogen) atoms. The maximum absolute atomic E-state index is 11.1. The average molecular weight is 178 g/mol. The second-order valence-electron chi connectivity index (χ2n) is 3.14. The van der Waals surface area contributed by atoms with Gasteiger partial charge in [0.2, 0.25) is 0 Å². The van der Waals surface area contributed by atoms with E-state index in [1.54, 1.807) is 7.11 Å². The summed E-state index contributed by atoms with van der Waals surface area (Å²) in [5.74, 6) is 0.0337. The Hall–Kier alpha value is -1.15. The van der Waals surface area contributed by atoms with Crippen LogP contribution in [0, 0.1) is 6.92 Å². The normalized spacial score (nSPS) is 12.5. The van der Waals surface area contributed by atoms with Crippen LogP contribution in [-0.4, -0.2) is 12.9 Å². The van der Waals surface area contributed by atoms with Crippen LogP contribution >= 0.6 is 0 Å². The second kappa shape index (κ2) is 4.19. The van der Waals surface area contributed by atoms with Crippen LogP contribution in [0.2, 0.25) is 0 Å². The first-order valence-corrected chi connectivity index (χ1v) is 4.25. The van der Waals surface area contributed by atoms with Crippen molar-refractivity contribution in [3.63, 3.8) is 0 Å². The van der Waals surface area contributed by atoms with Crippen molar-refractivity contribution < 1.29 is 9.53 Å². The third-order valence-corrected chi connectivity index (χ3v) is 1.99. The summed E-state index contributed by atoms with van der Waals surface area (Å²) in [5.41, 5.74) is 2.10. The van der Waals surface area contributed by atoms with Crippen molar-refractivity contribution in [2.45, 2.75) is 20.0 Å².